The molecule has 4 heteroatoms. The first-order valence-corrected chi connectivity index (χ1v) is 7.90. The van der Waals surface area contributed by atoms with E-state index in [1.54, 1.807) is 18.2 Å². The summed E-state index contributed by atoms with van der Waals surface area (Å²) in [7, 11) is 0. The van der Waals surface area contributed by atoms with Gasteiger partial charge < -0.3 is 10.5 Å². The van der Waals surface area contributed by atoms with Crippen molar-refractivity contribution in [1.29, 1.82) is 0 Å². The maximum atomic E-state index is 12.3. The van der Waals surface area contributed by atoms with E-state index in [9.17, 15) is 4.79 Å². The second kappa shape index (κ2) is 9.40. The van der Waals surface area contributed by atoms with Crippen molar-refractivity contribution < 1.29 is 9.53 Å². The predicted molar refractivity (Wildman–Crippen MR) is 88.0 cm³/mol. The summed E-state index contributed by atoms with van der Waals surface area (Å²) in [5.41, 5.74) is 7.15. The fourth-order valence-corrected chi connectivity index (χ4v) is 2.26. The standard InChI is InChI=1S/C17H28N2O2/c1-4-9-19(10-5-2)13-16(20)14-7-8-17(15(18)12-14)21-11-6-3/h7-8,12H,4-6,9-11,13,18H2,1-3H3. The van der Waals surface area contributed by atoms with E-state index >= 15 is 0 Å². The molecule has 0 radical (unpaired) electrons. The number of ketones is 1. The molecule has 0 aliphatic carbocycles. The summed E-state index contributed by atoms with van der Waals surface area (Å²) >= 11 is 0. The highest BCUT2D eigenvalue weighted by Gasteiger charge is 2.13. The maximum Gasteiger partial charge on any atom is 0.176 e. The second-order valence-corrected chi connectivity index (χ2v) is 5.30. The van der Waals surface area contributed by atoms with Gasteiger partial charge in [0, 0.05) is 5.56 Å². The highest BCUT2D eigenvalue weighted by Crippen LogP contribution is 2.23. The van der Waals surface area contributed by atoms with E-state index in [0.29, 0.717) is 30.2 Å². The fourth-order valence-electron chi connectivity index (χ4n) is 2.26. The number of nitrogens with zero attached hydrogens (tertiary/aromatic N) is 1. The lowest BCUT2D eigenvalue weighted by Crippen LogP contribution is -2.31. The third kappa shape index (κ3) is 5.76. The number of benzene rings is 1. The predicted octanol–water partition coefficient (Wildman–Crippen LogP) is 3.36. The van der Waals surface area contributed by atoms with Gasteiger partial charge in [-0.15, -0.1) is 0 Å². The van der Waals surface area contributed by atoms with Gasteiger partial charge in [0.2, 0.25) is 0 Å². The number of hydrogen-bond donors (Lipinski definition) is 1. The van der Waals surface area contributed by atoms with Gasteiger partial charge >= 0.3 is 0 Å². The van der Waals surface area contributed by atoms with Gasteiger partial charge in [-0.1, -0.05) is 20.8 Å². The number of rotatable bonds is 10. The molecule has 21 heavy (non-hydrogen) atoms. The van der Waals surface area contributed by atoms with Gasteiger partial charge in [-0.05, 0) is 50.6 Å². The number of nitrogen functional groups attached to an aromatic ring is 1. The number of hydrogen-bond acceptors (Lipinski definition) is 4. The van der Waals surface area contributed by atoms with Crippen LogP contribution in [0.1, 0.15) is 50.4 Å². The monoisotopic (exact) mass is 292 g/mol. The van der Waals surface area contributed by atoms with E-state index in [1.165, 1.54) is 0 Å². The highest BCUT2D eigenvalue weighted by molar-refractivity contribution is 5.98. The Hall–Kier alpha value is -1.55. The van der Waals surface area contributed by atoms with Crippen LogP contribution in [0, 0.1) is 0 Å². The van der Waals surface area contributed by atoms with Gasteiger partial charge in [-0.3, -0.25) is 9.69 Å². The summed E-state index contributed by atoms with van der Waals surface area (Å²) in [6.45, 7) is 9.30. The van der Waals surface area contributed by atoms with Crippen LogP contribution in [-0.2, 0) is 0 Å². The molecule has 0 aliphatic rings. The molecule has 1 aromatic rings. The molecule has 0 aliphatic heterocycles. The number of ether oxygens (including phenoxy) is 1. The second-order valence-electron chi connectivity index (χ2n) is 5.30. The van der Waals surface area contributed by atoms with Gasteiger partial charge in [0.15, 0.2) is 5.78 Å². The van der Waals surface area contributed by atoms with E-state index in [-0.39, 0.29) is 5.78 Å². The third-order valence-electron chi connectivity index (χ3n) is 3.24. The van der Waals surface area contributed by atoms with Crippen molar-refractivity contribution in [3.8, 4) is 5.75 Å². The summed E-state index contributed by atoms with van der Waals surface area (Å²) in [6, 6.07) is 5.32. The van der Waals surface area contributed by atoms with Crippen LogP contribution in [0.3, 0.4) is 0 Å². The summed E-state index contributed by atoms with van der Waals surface area (Å²) in [5.74, 6) is 0.776. The number of Topliss-reactive ketones (excluding diaryl/α,β-unsaturated/α-hetero) is 1. The molecule has 0 saturated heterocycles. The minimum absolute atomic E-state index is 0.116. The molecular weight excluding hydrogens is 264 g/mol. The Bertz CT molecular complexity index is 440. The van der Waals surface area contributed by atoms with E-state index in [1.807, 2.05) is 6.92 Å². The van der Waals surface area contributed by atoms with Crippen LogP contribution in [-0.4, -0.2) is 36.9 Å². The molecule has 118 valence electrons. The summed E-state index contributed by atoms with van der Waals surface area (Å²) in [6.07, 6.45) is 3.04. The zero-order valence-corrected chi connectivity index (χ0v) is 13.5. The summed E-state index contributed by atoms with van der Waals surface area (Å²) < 4.78 is 5.53. The van der Waals surface area contributed by atoms with Crippen LogP contribution in [0.4, 0.5) is 5.69 Å². The van der Waals surface area contributed by atoms with Crippen molar-refractivity contribution in [1.82, 2.24) is 4.90 Å². The van der Waals surface area contributed by atoms with Crippen molar-refractivity contribution in [3.05, 3.63) is 23.8 Å². The van der Waals surface area contributed by atoms with Crippen molar-refractivity contribution in [2.24, 2.45) is 0 Å². The van der Waals surface area contributed by atoms with Crippen molar-refractivity contribution >= 4 is 11.5 Å². The van der Waals surface area contributed by atoms with Gasteiger partial charge in [0.05, 0.1) is 18.8 Å². The summed E-state index contributed by atoms with van der Waals surface area (Å²) in [4.78, 5) is 14.5. The van der Waals surface area contributed by atoms with Gasteiger partial charge in [0.25, 0.3) is 0 Å². The summed E-state index contributed by atoms with van der Waals surface area (Å²) in [5, 5.41) is 0. The Morgan fingerprint density at radius 2 is 1.81 bits per heavy atom. The average Bonchev–Trinajstić information content (AvgIpc) is 2.46. The molecule has 0 aromatic heterocycles. The molecule has 1 rings (SSSR count). The zero-order chi connectivity index (χ0) is 15.7. The number of carbonyl (C=O) groups is 1. The normalized spacial score (nSPS) is 10.9. The maximum absolute atomic E-state index is 12.3. The molecule has 0 fully saturated rings. The molecule has 0 saturated carbocycles. The van der Waals surface area contributed by atoms with Crippen LogP contribution < -0.4 is 10.5 Å². The largest absolute Gasteiger partial charge is 0.491 e. The molecular formula is C17H28N2O2. The lowest BCUT2D eigenvalue weighted by atomic mass is 10.1. The Balaban J connectivity index is 2.71. The Morgan fingerprint density at radius 1 is 1.14 bits per heavy atom. The SMILES string of the molecule is CCCOc1ccc(C(=O)CN(CCC)CCC)cc1N. The molecule has 1 aromatic carbocycles. The van der Waals surface area contributed by atoms with Crippen LogP contribution >= 0.6 is 0 Å². The molecule has 0 unspecified atom stereocenters. The third-order valence-corrected chi connectivity index (χ3v) is 3.24. The average molecular weight is 292 g/mol. The Kier molecular flexibility index (Phi) is 7.83. The number of nitrogens with two attached hydrogens (primary N) is 1. The molecule has 0 spiro atoms. The smallest absolute Gasteiger partial charge is 0.176 e. The first-order valence-electron chi connectivity index (χ1n) is 7.90. The van der Waals surface area contributed by atoms with Crippen LogP contribution in [0.5, 0.6) is 5.75 Å². The van der Waals surface area contributed by atoms with Crippen LogP contribution in [0.25, 0.3) is 0 Å². The highest BCUT2D eigenvalue weighted by atomic mass is 16.5. The first-order chi connectivity index (χ1) is 10.1. The minimum Gasteiger partial charge on any atom is -0.491 e. The molecule has 4 nitrogen and oxygen atoms in total. The minimum atomic E-state index is 0.116. The van der Waals surface area contributed by atoms with Crippen LogP contribution in [0.15, 0.2) is 18.2 Å². The van der Waals surface area contributed by atoms with Gasteiger partial charge in [0.1, 0.15) is 5.75 Å². The van der Waals surface area contributed by atoms with Gasteiger partial charge in [-0.25, -0.2) is 0 Å². The van der Waals surface area contributed by atoms with E-state index in [4.69, 9.17) is 10.5 Å². The molecule has 0 heterocycles. The van der Waals surface area contributed by atoms with Gasteiger partial charge in [-0.2, -0.15) is 0 Å². The number of carbonyl (C=O) groups excluding carboxylic acids is 1. The lowest BCUT2D eigenvalue weighted by Gasteiger charge is -2.20. The quantitative estimate of drug-likeness (QED) is 0.530. The van der Waals surface area contributed by atoms with Crippen LogP contribution in [0.2, 0.25) is 0 Å². The van der Waals surface area contributed by atoms with Crippen molar-refractivity contribution in [2.45, 2.75) is 40.0 Å². The van der Waals surface area contributed by atoms with E-state index in [2.05, 4.69) is 18.7 Å². The molecule has 0 amide bonds. The fraction of sp³-hybridized carbons (Fsp3) is 0.588. The zero-order valence-electron chi connectivity index (χ0n) is 13.5. The number of anilines is 1. The van der Waals surface area contributed by atoms with Crippen molar-refractivity contribution in [3.63, 3.8) is 0 Å². The van der Waals surface area contributed by atoms with E-state index in [0.717, 1.165) is 32.4 Å². The van der Waals surface area contributed by atoms with Crippen molar-refractivity contribution in [2.75, 3.05) is 32.0 Å². The molecule has 0 atom stereocenters. The topological polar surface area (TPSA) is 55.6 Å². The first kappa shape index (κ1) is 17.5. The lowest BCUT2D eigenvalue weighted by molar-refractivity contribution is 0.0930. The Morgan fingerprint density at radius 3 is 2.33 bits per heavy atom. The molecule has 0 bridgehead atoms. The van der Waals surface area contributed by atoms with E-state index < -0.39 is 0 Å². The Labute approximate surface area is 128 Å². The molecule has 2 N–H and O–H groups in total.